The summed E-state index contributed by atoms with van der Waals surface area (Å²) in [4.78, 5) is 11.8. The Morgan fingerprint density at radius 2 is 1.90 bits per heavy atom. The van der Waals surface area contributed by atoms with Crippen molar-refractivity contribution in [3.63, 3.8) is 0 Å². The Labute approximate surface area is 122 Å². The highest BCUT2D eigenvalue weighted by atomic mass is 16.3. The van der Waals surface area contributed by atoms with Gasteiger partial charge in [0.15, 0.2) is 5.78 Å². The normalized spacial score (nSPS) is 50.4. The maximum Gasteiger partial charge on any atom is 0.158 e. The van der Waals surface area contributed by atoms with Crippen LogP contribution in [-0.2, 0) is 4.79 Å². The Bertz CT molecular complexity index is 490. The van der Waals surface area contributed by atoms with E-state index < -0.39 is 0 Å². The number of carbonyl (C=O) groups is 1. The molecule has 0 aromatic carbocycles. The number of allylic oxidation sites excluding steroid dienone is 2. The van der Waals surface area contributed by atoms with Crippen molar-refractivity contribution in [2.45, 2.75) is 66.4 Å². The lowest BCUT2D eigenvalue weighted by molar-refractivity contribution is -0.235. The first-order chi connectivity index (χ1) is 9.12. The van der Waals surface area contributed by atoms with Crippen LogP contribution in [-0.4, -0.2) is 17.0 Å². The van der Waals surface area contributed by atoms with Crippen molar-refractivity contribution in [2.75, 3.05) is 0 Å². The Morgan fingerprint density at radius 3 is 2.40 bits per heavy atom. The van der Waals surface area contributed by atoms with Gasteiger partial charge >= 0.3 is 0 Å². The van der Waals surface area contributed by atoms with Gasteiger partial charge in [0.2, 0.25) is 0 Å². The molecule has 0 aromatic heterocycles. The molecule has 2 bridgehead atoms. The van der Waals surface area contributed by atoms with Gasteiger partial charge in [0.25, 0.3) is 0 Å². The average Bonchev–Trinajstić information content (AvgIpc) is 2.32. The highest BCUT2D eigenvalue weighted by Crippen LogP contribution is 2.71. The fourth-order valence-electron chi connectivity index (χ4n) is 5.69. The highest BCUT2D eigenvalue weighted by Gasteiger charge is 2.66. The minimum absolute atomic E-state index is 0.0410. The number of hydrogen-bond donors (Lipinski definition) is 1. The average molecular weight is 276 g/mol. The van der Waals surface area contributed by atoms with Crippen LogP contribution in [0.3, 0.4) is 0 Å². The fraction of sp³-hybridized carbons (Fsp3) is 0.833. The molecule has 0 radical (unpaired) electrons. The summed E-state index contributed by atoms with van der Waals surface area (Å²) >= 11 is 0. The number of Topliss-reactive ketones (excluding diaryl/α,β-unsaturated/α-hetero) is 1. The van der Waals surface area contributed by atoms with Crippen LogP contribution in [0.4, 0.5) is 0 Å². The largest absolute Gasteiger partial charge is 0.393 e. The summed E-state index contributed by atoms with van der Waals surface area (Å²) in [7, 11) is 0. The molecule has 20 heavy (non-hydrogen) atoms. The van der Waals surface area contributed by atoms with Gasteiger partial charge in [-0.25, -0.2) is 0 Å². The number of aliphatic hydroxyl groups is 1. The molecular formula is C18H28O2. The van der Waals surface area contributed by atoms with Gasteiger partial charge in [-0.3, -0.25) is 4.79 Å². The van der Waals surface area contributed by atoms with E-state index in [0.717, 1.165) is 24.8 Å². The van der Waals surface area contributed by atoms with Crippen molar-refractivity contribution in [3.05, 3.63) is 11.6 Å². The molecule has 4 aliphatic carbocycles. The summed E-state index contributed by atoms with van der Waals surface area (Å²) in [6.45, 7) is 11.3. The number of hydrogen-bond acceptors (Lipinski definition) is 2. The first-order valence-corrected chi connectivity index (χ1v) is 8.02. The van der Waals surface area contributed by atoms with Crippen molar-refractivity contribution in [2.24, 2.45) is 28.1 Å². The predicted molar refractivity (Wildman–Crippen MR) is 80.2 cm³/mol. The summed E-state index contributed by atoms with van der Waals surface area (Å²) in [5, 5.41) is 10.6. The smallest absolute Gasteiger partial charge is 0.158 e. The zero-order valence-corrected chi connectivity index (χ0v) is 13.5. The third kappa shape index (κ3) is 1.57. The molecule has 0 amide bonds. The second-order valence-corrected chi connectivity index (χ2v) is 8.57. The summed E-state index contributed by atoms with van der Waals surface area (Å²) in [5.41, 5.74) is 1.30. The summed E-state index contributed by atoms with van der Waals surface area (Å²) < 4.78 is 0. The molecule has 0 saturated heterocycles. The van der Waals surface area contributed by atoms with E-state index in [4.69, 9.17) is 0 Å². The van der Waals surface area contributed by atoms with E-state index in [9.17, 15) is 9.90 Å². The molecule has 2 nitrogen and oxygen atoms in total. The molecule has 0 heterocycles. The van der Waals surface area contributed by atoms with Crippen molar-refractivity contribution in [1.29, 1.82) is 0 Å². The minimum atomic E-state index is -0.178. The third-order valence-electron chi connectivity index (χ3n) is 7.36. The lowest BCUT2D eigenvalue weighted by Gasteiger charge is -2.70. The second kappa shape index (κ2) is 3.97. The van der Waals surface area contributed by atoms with Crippen LogP contribution in [0.15, 0.2) is 11.6 Å². The first-order valence-electron chi connectivity index (χ1n) is 8.02. The van der Waals surface area contributed by atoms with Crippen LogP contribution in [0.5, 0.6) is 0 Å². The number of ketones is 1. The molecule has 0 spiro atoms. The molecule has 3 fully saturated rings. The SMILES string of the molecule is CC1=C[C@@](C)([C@@]2(C)C[C@H](O)[C@@H]3C[C@H]2C3(C)C)CCC1=O. The molecule has 0 aromatic rings. The summed E-state index contributed by atoms with van der Waals surface area (Å²) in [5.74, 6) is 1.43. The maximum atomic E-state index is 11.8. The van der Waals surface area contributed by atoms with Gasteiger partial charge in [0, 0.05) is 6.42 Å². The zero-order valence-electron chi connectivity index (χ0n) is 13.5. The standard InChI is InChI=1S/C18H28O2/c1-11-9-17(4,7-6-13(11)19)18(5)10-14(20)12-8-15(18)16(12,2)3/h9,12,14-15,20H,6-8,10H2,1-5H3/t12-,14-,15-,17-,18-/m0/s1. The molecule has 112 valence electrons. The van der Waals surface area contributed by atoms with Crippen LogP contribution in [0.2, 0.25) is 0 Å². The minimum Gasteiger partial charge on any atom is -0.393 e. The number of rotatable bonds is 1. The quantitative estimate of drug-likeness (QED) is 0.792. The van der Waals surface area contributed by atoms with Gasteiger partial charge in [-0.1, -0.05) is 33.8 Å². The predicted octanol–water partition coefficient (Wildman–Crippen LogP) is 3.74. The van der Waals surface area contributed by atoms with Crippen LogP contribution in [0, 0.1) is 28.1 Å². The van der Waals surface area contributed by atoms with Crippen molar-refractivity contribution in [3.8, 4) is 0 Å². The van der Waals surface area contributed by atoms with E-state index >= 15 is 0 Å². The molecule has 5 atom stereocenters. The number of fused-ring (bicyclic) bond motifs is 2. The lowest BCUT2D eigenvalue weighted by atomic mass is 9.35. The van der Waals surface area contributed by atoms with Crippen LogP contribution in [0.25, 0.3) is 0 Å². The summed E-state index contributed by atoms with van der Waals surface area (Å²) in [6.07, 6.45) is 5.69. The van der Waals surface area contributed by atoms with E-state index in [2.05, 4.69) is 33.8 Å². The maximum absolute atomic E-state index is 11.8. The molecule has 1 N–H and O–H groups in total. The van der Waals surface area contributed by atoms with Crippen molar-refractivity contribution in [1.82, 2.24) is 0 Å². The number of carbonyl (C=O) groups excluding carboxylic acids is 1. The van der Waals surface area contributed by atoms with Crippen LogP contribution >= 0.6 is 0 Å². The van der Waals surface area contributed by atoms with Crippen LogP contribution in [0.1, 0.15) is 60.3 Å². The Balaban J connectivity index is 2.02. The first kappa shape index (κ1) is 14.3. The Hall–Kier alpha value is -0.630. The molecule has 2 heteroatoms. The van der Waals surface area contributed by atoms with Gasteiger partial charge in [-0.05, 0) is 59.8 Å². The fourth-order valence-corrected chi connectivity index (χ4v) is 5.69. The highest BCUT2D eigenvalue weighted by molar-refractivity contribution is 5.95. The number of aliphatic hydroxyl groups excluding tert-OH is 1. The van der Waals surface area contributed by atoms with Crippen molar-refractivity contribution >= 4 is 5.78 Å². The summed E-state index contributed by atoms with van der Waals surface area (Å²) in [6, 6.07) is 0. The van der Waals surface area contributed by atoms with Crippen molar-refractivity contribution < 1.29 is 9.90 Å². The van der Waals surface area contributed by atoms with Gasteiger partial charge < -0.3 is 5.11 Å². The van der Waals surface area contributed by atoms with E-state index in [-0.39, 0.29) is 22.3 Å². The topological polar surface area (TPSA) is 37.3 Å². The van der Waals surface area contributed by atoms with E-state index in [1.54, 1.807) is 0 Å². The second-order valence-electron chi connectivity index (χ2n) is 8.57. The van der Waals surface area contributed by atoms with E-state index in [0.29, 0.717) is 24.0 Å². The molecule has 3 saturated carbocycles. The van der Waals surface area contributed by atoms with Gasteiger partial charge in [-0.2, -0.15) is 0 Å². The molecule has 4 aliphatic rings. The molecule has 4 rings (SSSR count). The van der Waals surface area contributed by atoms with Gasteiger partial charge in [0.05, 0.1) is 6.10 Å². The monoisotopic (exact) mass is 276 g/mol. The Kier molecular flexibility index (Phi) is 2.84. The van der Waals surface area contributed by atoms with Crippen LogP contribution < -0.4 is 0 Å². The molecule has 0 aliphatic heterocycles. The molecule has 0 unspecified atom stereocenters. The van der Waals surface area contributed by atoms with Gasteiger partial charge in [-0.15, -0.1) is 0 Å². The lowest BCUT2D eigenvalue weighted by Crippen LogP contribution is -2.66. The third-order valence-corrected chi connectivity index (χ3v) is 7.36. The van der Waals surface area contributed by atoms with E-state index in [1.165, 1.54) is 0 Å². The van der Waals surface area contributed by atoms with E-state index in [1.807, 2.05) is 6.92 Å². The zero-order chi connectivity index (χ0) is 14.9. The molecular weight excluding hydrogens is 248 g/mol. The Morgan fingerprint density at radius 1 is 1.25 bits per heavy atom. The van der Waals surface area contributed by atoms with Gasteiger partial charge in [0.1, 0.15) is 0 Å².